The maximum Gasteiger partial charge on any atom is 0.213 e. The van der Waals surface area contributed by atoms with Crippen LogP contribution in [0.25, 0.3) is 22.5 Å². The quantitative estimate of drug-likeness (QED) is 0.585. The van der Waals surface area contributed by atoms with Gasteiger partial charge in [-0.15, -0.1) is 0 Å². The highest BCUT2D eigenvalue weighted by atomic mass is 16.5. The minimum atomic E-state index is 0.575. The van der Waals surface area contributed by atoms with E-state index in [0.29, 0.717) is 12.4 Å². The molecular weight excluding hydrogens is 338 g/mol. The summed E-state index contributed by atoms with van der Waals surface area (Å²) in [6, 6.07) is 14.1. The standard InChI is InChI=1S/C21H21N5O/c1-14-6-4-8-18(15(14)2)20-10-19(24-25-20)16-11-22-26(12-16)13-17-7-5-9-21(23-17)27-3/h4-12H,13H2,1-3H3,(H,24,25). The fourth-order valence-electron chi connectivity index (χ4n) is 3.06. The van der Waals surface area contributed by atoms with Crippen molar-refractivity contribution in [3.63, 3.8) is 0 Å². The summed E-state index contributed by atoms with van der Waals surface area (Å²) >= 11 is 0. The molecule has 0 saturated heterocycles. The first-order valence-corrected chi connectivity index (χ1v) is 8.79. The smallest absolute Gasteiger partial charge is 0.213 e. The van der Waals surface area contributed by atoms with Gasteiger partial charge in [0, 0.05) is 23.4 Å². The first-order chi connectivity index (χ1) is 13.1. The van der Waals surface area contributed by atoms with E-state index in [-0.39, 0.29) is 0 Å². The summed E-state index contributed by atoms with van der Waals surface area (Å²) in [6.45, 7) is 4.82. The Labute approximate surface area is 157 Å². The molecule has 4 aromatic rings. The molecule has 3 aromatic heterocycles. The minimum Gasteiger partial charge on any atom is -0.481 e. The molecule has 3 heterocycles. The first-order valence-electron chi connectivity index (χ1n) is 8.79. The second kappa shape index (κ2) is 7.07. The second-order valence-electron chi connectivity index (χ2n) is 6.51. The van der Waals surface area contributed by atoms with Crippen LogP contribution >= 0.6 is 0 Å². The predicted octanol–water partition coefficient (Wildman–Crippen LogP) is 4.01. The van der Waals surface area contributed by atoms with Gasteiger partial charge in [0.25, 0.3) is 0 Å². The zero-order valence-electron chi connectivity index (χ0n) is 15.6. The van der Waals surface area contributed by atoms with E-state index in [1.807, 2.05) is 35.3 Å². The number of aryl methyl sites for hydroxylation is 1. The van der Waals surface area contributed by atoms with Gasteiger partial charge in [0.2, 0.25) is 5.88 Å². The predicted molar refractivity (Wildman–Crippen MR) is 105 cm³/mol. The van der Waals surface area contributed by atoms with Crippen molar-refractivity contribution in [3.05, 3.63) is 71.7 Å². The highest BCUT2D eigenvalue weighted by Gasteiger charge is 2.11. The average Bonchev–Trinajstić information content (AvgIpc) is 3.34. The Morgan fingerprint density at radius 1 is 1.11 bits per heavy atom. The number of nitrogens with zero attached hydrogens (tertiary/aromatic N) is 4. The third kappa shape index (κ3) is 3.46. The third-order valence-electron chi connectivity index (χ3n) is 4.72. The molecule has 4 rings (SSSR count). The van der Waals surface area contributed by atoms with Crippen molar-refractivity contribution < 1.29 is 4.74 Å². The number of benzene rings is 1. The Morgan fingerprint density at radius 3 is 2.81 bits per heavy atom. The molecule has 6 nitrogen and oxygen atoms in total. The molecule has 0 bridgehead atoms. The van der Waals surface area contributed by atoms with Crippen molar-refractivity contribution in [1.29, 1.82) is 0 Å². The molecule has 0 fully saturated rings. The fraction of sp³-hybridized carbons (Fsp3) is 0.190. The lowest BCUT2D eigenvalue weighted by molar-refractivity contribution is 0.395. The van der Waals surface area contributed by atoms with Gasteiger partial charge in [0.05, 0.1) is 36.9 Å². The number of hydrogen-bond donors (Lipinski definition) is 1. The van der Waals surface area contributed by atoms with Gasteiger partial charge in [-0.05, 0) is 37.1 Å². The van der Waals surface area contributed by atoms with Crippen LogP contribution in [0.2, 0.25) is 0 Å². The number of aromatic nitrogens is 5. The summed E-state index contributed by atoms with van der Waals surface area (Å²) in [5, 5.41) is 12.1. The lowest BCUT2D eigenvalue weighted by Gasteiger charge is -2.05. The number of pyridine rings is 1. The summed E-state index contributed by atoms with van der Waals surface area (Å²) in [4.78, 5) is 4.43. The molecule has 0 amide bonds. The SMILES string of the molecule is COc1cccc(Cn2cc(-c3cc(-c4cccc(C)c4C)[nH]n3)cn2)n1. The van der Waals surface area contributed by atoms with E-state index in [9.17, 15) is 0 Å². The van der Waals surface area contributed by atoms with Crippen LogP contribution in [-0.2, 0) is 6.54 Å². The van der Waals surface area contributed by atoms with Crippen molar-refractivity contribution in [3.8, 4) is 28.4 Å². The summed E-state index contributed by atoms with van der Waals surface area (Å²) in [5.41, 5.74) is 7.42. The molecule has 6 heteroatoms. The van der Waals surface area contributed by atoms with Gasteiger partial charge in [-0.1, -0.05) is 24.3 Å². The Bertz CT molecular complexity index is 1080. The lowest BCUT2D eigenvalue weighted by atomic mass is 10.0. The zero-order chi connectivity index (χ0) is 18.8. The summed E-state index contributed by atoms with van der Waals surface area (Å²) in [6.07, 6.45) is 3.80. The topological polar surface area (TPSA) is 68.6 Å². The van der Waals surface area contributed by atoms with Gasteiger partial charge in [0.1, 0.15) is 0 Å². The van der Waals surface area contributed by atoms with Crippen molar-refractivity contribution in [2.75, 3.05) is 7.11 Å². The zero-order valence-corrected chi connectivity index (χ0v) is 15.6. The molecule has 0 unspecified atom stereocenters. The number of methoxy groups -OCH3 is 1. The highest BCUT2D eigenvalue weighted by molar-refractivity contribution is 5.70. The molecule has 27 heavy (non-hydrogen) atoms. The van der Waals surface area contributed by atoms with E-state index in [1.54, 1.807) is 7.11 Å². The molecule has 0 spiro atoms. The lowest BCUT2D eigenvalue weighted by Crippen LogP contribution is -2.02. The maximum absolute atomic E-state index is 5.17. The first kappa shape index (κ1) is 17.0. The molecule has 0 aliphatic carbocycles. The molecule has 0 aliphatic rings. The van der Waals surface area contributed by atoms with Gasteiger partial charge < -0.3 is 4.74 Å². The van der Waals surface area contributed by atoms with Crippen LogP contribution in [-0.4, -0.2) is 32.1 Å². The largest absolute Gasteiger partial charge is 0.481 e. The van der Waals surface area contributed by atoms with Crippen LogP contribution < -0.4 is 4.74 Å². The Morgan fingerprint density at radius 2 is 1.96 bits per heavy atom. The molecule has 1 N–H and O–H groups in total. The van der Waals surface area contributed by atoms with E-state index >= 15 is 0 Å². The summed E-state index contributed by atoms with van der Waals surface area (Å²) < 4.78 is 7.03. The highest BCUT2D eigenvalue weighted by Crippen LogP contribution is 2.27. The van der Waals surface area contributed by atoms with Crippen LogP contribution in [0.3, 0.4) is 0 Å². The minimum absolute atomic E-state index is 0.575. The van der Waals surface area contributed by atoms with Crippen molar-refractivity contribution >= 4 is 0 Å². The van der Waals surface area contributed by atoms with Gasteiger partial charge in [-0.2, -0.15) is 10.2 Å². The van der Waals surface area contributed by atoms with Crippen molar-refractivity contribution in [2.45, 2.75) is 20.4 Å². The molecule has 0 aliphatic heterocycles. The van der Waals surface area contributed by atoms with E-state index in [0.717, 1.165) is 22.6 Å². The Hall–Kier alpha value is -3.41. The molecule has 0 atom stereocenters. The molecule has 1 aromatic carbocycles. The van der Waals surface area contributed by atoms with Gasteiger partial charge in [-0.3, -0.25) is 9.78 Å². The average molecular weight is 359 g/mol. The van der Waals surface area contributed by atoms with E-state index in [2.05, 4.69) is 58.4 Å². The molecule has 136 valence electrons. The number of H-pyrrole nitrogens is 1. The number of rotatable bonds is 5. The number of aromatic amines is 1. The summed E-state index contributed by atoms with van der Waals surface area (Å²) in [7, 11) is 1.61. The monoisotopic (exact) mass is 359 g/mol. The van der Waals surface area contributed by atoms with Crippen LogP contribution in [0.1, 0.15) is 16.8 Å². The van der Waals surface area contributed by atoms with E-state index < -0.39 is 0 Å². The number of ether oxygens (including phenoxy) is 1. The molecule has 0 saturated carbocycles. The number of nitrogens with one attached hydrogen (secondary N) is 1. The Balaban J connectivity index is 1.57. The second-order valence-corrected chi connectivity index (χ2v) is 6.51. The van der Waals surface area contributed by atoms with Crippen molar-refractivity contribution in [2.24, 2.45) is 0 Å². The summed E-state index contributed by atoms with van der Waals surface area (Å²) in [5.74, 6) is 0.602. The van der Waals surface area contributed by atoms with Crippen molar-refractivity contribution in [1.82, 2.24) is 25.0 Å². The number of hydrogen-bond acceptors (Lipinski definition) is 4. The van der Waals surface area contributed by atoms with Gasteiger partial charge in [0.15, 0.2) is 0 Å². The van der Waals surface area contributed by atoms with Gasteiger partial charge >= 0.3 is 0 Å². The van der Waals surface area contributed by atoms with Gasteiger partial charge in [-0.25, -0.2) is 4.98 Å². The molecule has 0 radical (unpaired) electrons. The third-order valence-corrected chi connectivity index (χ3v) is 4.72. The fourth-order valence-corrected chi connectivity index (χ4v) is 3.06. The van der Waals surface area contributed by atoms with E-state index in [1.165, 1.54) is 16.7 Å². The normalized spacial score (nSPS) is 10.9. The Kier molecular flexibility index (Phi) is 4.46. The van der Waals surface area contributed by atoms with E-state index in [4.69, 9.17) is 4.74 Å². The van der Waals surface area contributed by atoms with Crippen LogP contribution in [0.4, 0.5) is 0 Å². The van der Waals surface area contributed by atoms with Crippen LogP contribution in [0.15, 0.2) is 54.9 Å². The van der Waals surface area contributed by atoms with Crippen LogP contribution in [0.5, 0.6) is 5.88 Å². The van der Waals surface area contributed by atoms with Crippen LogP contribution in [0, 0.1) is 13.8 Å². The molecular formula is C21H21N5O. The maximum atomic E-state index is 5.17.